The lowest BCUT2D eigenvalue weighted by molar-refractivity contribution is 0.101. The topological polar surface area (TPSA) is 83.5 Å². The molecule has 0 saturated heterocycles. The molecule has 1 aliphatic rings. The molecule has 110 valence electrons. The summed E-state index contributed by atoms with van der Waals surface area (Å²) in [6.45, 7) is 1.44. The smallest absolute Gasteiger partial charge is 0.240 e. The van der Waals surface area contributed by atoms with Crippen LogP contribution in [0.15, 0.2) is 29.2 Å². The van der Waals surface area contributed by atoms with Crippen LogP contribution >= 0.6 is 0 Å². The van der Waals surface area contributed by atoms with Crippen LogP contribution in [0.2, 0.25) is 0 Å². The van der Waals surface area contributed by atoms with E-state index in [4.69, 9.17) is 0 Å². The number of sulfonamides is 1. The van der Waals surface area contributed by atoms with Crippen molar-refractivity contribution in [2.45, 2.75) is 49.6 Å². The standard InChI is InChI=1S/C14H19NO4S/c1-10(16)11-2-8-14(9-3-11)20(18,19)15-12-4-6-13(17)7-5-12/h2-3,8-9,12-13,15,17H,4-7H2,1H3. The number of benzene rings is 1. The minimum atomic E-state index is -3.56. The van der Waals surface area contributed by atoms with Crippen molar-refractivity contribution in [3.05, 3.63) is 29.8 Å². The fraction of sp³-hybridized carbons (Fsp3) is 0.500. The third kappa shape index (κ3) is 3.65. The van der Waals surface area contributed by atoms with Gasteiger partial charge in [-0.25, -0.2) is 13.1 Å². The molecule has 2 N–H and O–H groups in total. The molecular weight excluding hydrogens is 278 g/mol. The summed E-state index contributed by atoms with van der Waals surface area (Å²) < 4.78 is 27.1. The number of aliphatic hydroxyl groups excluding tert-OH is 1. The van der Waals surface area contributed by atoms with Crippen molar-refractivity contribution < 1.29 is 18.3 Å². The predicted octanol–water partition coefficient (Wildman–Crippen LogP) is 1.47. The number of hydrogen-bond donors (Lipinski definition) is 2. The summed E-state index contributed by atoms with van der Waals surface area (Å²) in [6, 6.07) is 5.78. The van der Waals surface area contributed by atoms with E-state index in [1.165, 1.54) is 31.2 Å². The van der Waals surface area contributed by atoms with E-state index in [2.05, 4.69) is 4.72 Å². The Morgan fingerprint density at radius 2 is 1.70 bits per heavy atom. The zero-order chi connectivity index (χ0) is 14.8. The summed E-state index contributed by atoms with van der Waals surface area (Å²) in [5, 5.41) is 9.42. The highest BCUT2D eigenvalue weighted by Gasteiger charge is 2.24. The van der Waals surface area contributed by atoms with E-state index in [0.29, 0.717) is 31.2 Å². The van der Waals surface area contributed by atoms with E-state index >= 15 is 0 Å². The Bertz CT molecular complexity index is 572. The Morgan fingerprint density at radius 1 is 1.15 bits per heavy atom. The molecule has 0 unspecified atom stereocenters. The number of hydrogen-bond acceptors (Lipinski definition) is 4. The number of aliphatic hydroxyl groups is 1. The molecule has 0 aliphatic heterocycles. The fourth-order valence-corrected chi connectivity index (χ4v) is 3.65. The molecule has 0 spiro atoms. The molecule has 0 atom stereocenters. The molecule has 20 heavy (non-hydrogen) atoms. The molecule has 6 heteroatoms. The molecule has 1 saturated carbocycles. The van der Waals surface area contributed by atoms with Gasteiger partial charge in [0.1, 0.15) is 0 Å². The largest absolute Gasteiger partial charge is 0.393 e. The van der Waals surface area contributed by atoms with Crippen LogP contribution in [-0.2, 0) is 10.0 Å². The molecule has 0 aromatic heterocycles. The van der Waals surface area contributed by atoms with Crippen LogP contribution in [0.4, 0.5) is 0 Å². The number of ketones is 1. The first-order chi connectivity index (χ1) is 9.38. The van der Waals surface area contributed by atoms with Crippen molar-refractivity contribution >= 4 is 15.8 Å². The lowest BCUT2D eigenvalue weighted by atomic mass is 9.94. The maximum Gasteiger partial charge on any atom is 0.240 e. The van der Waals surface area contributed by atoms with E-state index in [1.807, 2.05) is 0 Å². The second kappa shape index (κ2) is 6.03. The zero-order valence-electron chi connectivity index (χ0n) is 11.4. The van der Waals surface area contributed by atoms with E-state index < -0.39 is 10.0 Å². The molecule has 5 nitrogen and oxygen atoms in total. The third-order valence-corrected chi connectivity index (χ3v) is 5.13. The molecule has 1 aromatic carbocycles. The van der Waals surface area contributed by atoms with Gasteiger partial charge in [0.25, 0.3) is 0 Å². The molecule has 1 fully saturated rings. The van der Waals surface area contributed by atoms with Crippen molar-refractivity contribution in [2.24, 2.45) is 0 Å². The predicted molar refractivity (Wildman–Crippen MR) is 75.0 cm³/mol. The lowest BCUT2D eigenvalue weighted by Gasteiger charge is -2.25. The summed E-state index contributed by atoms with van der Waals surface area (Å²) in [5.41, 5.74) is 0.490. The van der Waals surface area contributed by atoms with Gasteiger partial charge in [0.2, 0.25) is 10.0 Å². The van der Waals surface area contributed by atoms with Gasteiger partial charge in [0, 0.05) is 11.6 Å². The second-order valence-electron chi connectivity index (χ2n) is 5.21. The summed E-state index contributed by atoms with van der Waals surface area (Å²) in [4.78, 5) is 11.3. The number of carbonyl (C=O) groups excluding carboxylic acids is 1. The molecule has 0 bridgehead atoms. The Labute approximate surface area is 119 Å². The fourth-order valence-electron chi connectivity index (χ4n) is 2.35. The minimum Gasteiger partial charge on any atom is -0.393 e. The molecule has 1 aromatic rings. The van der Waals surface area contributed by atoms with Gasteiger partial charge in [-0.3, -0.25) is 4.79 Å². The zero-order valence-corrected chi connectivity index (χ0v) is 12.2. The van der Waals surface area contributed by atoms with Gasteiger partial charge in [0.15, 0.2) is 5.78 Å². The van der Waals surface area contributed by atoms with Gasteiger partial charge in [-0.2, -0.15) is 0 Å². The Kier molecular flexibility index (Phi) is 4.57. The van der Waals surface area contributed by atoms with E-state index in [0.717, 1.165) is 0 Å². The van der Waals surface area contributed by atoms with Gasteiger partial charge in [-0.05, 0) is 44.7 Å². The first kappa shape index (κ1) is 15.2. The summed E-state index contributed by atoms with van der Waals surface area (Å²) in [5.74, 6) is -0.0943. The van der Waals surface area contributed by atoms with E-state index in [-0.39, 0.29) is 22.8 Å². The van der Waals surface area contributed by atoms with Gasteiger partial charge >= 0.3 is 0 Å². The van der Waals surface area contributed by atoms with Crippen LogP contribution in [0.3, 0.4) is 0 Å². The summed E-state index contributed by atoms with van der Waals surface area (Å²) in [7, 11) is -3.56. The Balaban J connectivity index is 2.08. The average molecular weight is 297 g/mol. The van der Waals surface area contributed by atoms with E-state index in [1.54, 1.807) is 0 Å². The maximum absolute atomic E-state index is 12.2. The van der Waals surface area contributed by atoms with Crippen LogP contribution in [0.1, 0.15) is 43.0 Å². The highest BCUT2D eigenvalue weighted by molar-refractivity contribution is 7.89. The average Bonchev–Trinajstić information content (AvgIpc) is 2.41. The van der Waals surface area contributed by atoms with Crippen LogP contribution in [0, 0.1) is 0 Å². The Morgan fingerprint density at radius 3 is 2.20 bits per heavy atom. The maximum atomic E-state index is 12.2. The molecule has 0 heterocycles. The molecule has 0 radical (unpaired) electrons. The molecular formula is C14H19NO4S. The van der Waals surface area contributed by atoms with Gasteiger partial charge in [-0.1, -0.05) is 12.1 Å². The van der Waals surface area contributed by atoms with Gasteiger partial charge < -0.3 is 5.11 Å². The van der Waals surface area contributed by atoms with Crippen LogP contribution in [0.25, 0.3) is 0 Å². The summed E-state index contributed by atoms with van der Waals surface area (Å²) in [6.07, 6.45) is 2.22. The third-order valence-electron chi connectivity index (χ3n) is 3.59. The SMILES string of the molecule is CC(=O)c1ccc(S(=O)(=O)NC2CCC(O)CC2)cc1. The first-order valence-electron chi connectivity index (χ1n) is 6.70. The van der Waals surface area contributed by atoms with Crippen molar-refractivity contribution in [2.75, 3.05) is 0 Å². The normalized spacial score (nSPS) is 23.5. The lowest BCUT2D eigenvalue weighted by Crippen LogP contribution is -2.38. The number of nitrogens with one attached hydrogen (secondary N) is 1. The first-order valence-corrected chi connectivity index (χ1v) is 8.18. The minimum absolute atomic E-state index is 0.0943. The van der Waals surface area contributed by atoms with Gasteiger partial charge in [0.05, 0.1) is 11.0 Å². The number of carbonyl (C=O) groups is 1. The molecule has 0 amide bonds. The van der Waals surface area contributed by atoms with Crippen molar-refractivity contribution in [1.82, 2.24) is 4.72 Å². The van der Waals surface area contributed by atoms with Crippen molar-refractivity contribution in [3.63, 3.8) is 0 Å². The van der Waals surface area contributed by atoms with Crippen LogP contribution in [0.5, 0.6) is 0 Å². The number of rotatable bonds is 4. The van der Waals surface area contributed by atoms with Gasteiger partial charge in [-0.15, -0.1) is 0 Å². The quantitative estimate of drug-likeness (QED) is 0.824. The van der Waals surface area contributed by atoms with Crippen molar-refractivity contribution in [3.8, 4) is 0 Å². The molecule has 2 rings (SSSR count). The molecule has 1 aliphatic carbocycles. The van der Waals surface area contributed by atoms with Crippen molar-refractivity contribution in [1.29, 1.82) is 0 Å². The monoisotopic (exact) mass is 297 g/mol. The highest BCUT2D eigenvalue weighted by Crippen LogP contribution is 2.20. The summed E-state index contributed by atoms with van der Waals surface area (Å²) >= 11 is 0. The second-order valence-corrected chi connectivity index (χ2v) is 6.92. The highest BCUT2D eigenvalue weighted by atomic mass is 32.2. The van der Waals surface area contributed by atoms with Crippen LogP contribution in [-0.4, -0.2) is 31.5 Å². The number of Topliss-reactive ketones (excluding diaryl/α,β-unsaturated/α-hetero) is 1. The van der Waals surface area contributed by atoms with Crippen LogP contribution < -0.4 is 4.72 Å². The van der Waals surface area contributed by atoms with E-state index in [9.17, 15) is 18.3 Å². The Hall–Kier alpha value is -1.24.